The quantitative estimate of drug-likeness (QED) is 0.844. The first-order valence-corrected chi connectivity index (χ1v) is 7.37. The molecular formula is C17H22ClN3. The van der Waals surface area contributed by atoms with Crippen LogP contribution < -0.4 is 5.73 Å². The zero-order valence-electron chi connectivity index (χ0n) is 13.1. The van der Waals surface area contributed by atoms with Gasteiger partial charge in [0.05, 0.1) is 0 Å². The second-order valence-electron chi connectivity index (χ2n) is 6.28. The Morgan fingerprint density at radius 1 is 1.38 bits per heavy atom. The van der Waals surface area contributed by atoms with Crippen molar-refractivity contribution in [2.24, 2.45) is 0 Å². The van der Waals surface area contributed by atoms with E-state index in [4.69, 9.17) is 22.3 Å². The van der Waals surface area contributed by atoms with Gasteiger partial charge in [0.2, 0.25) is 0 Å². The third kappa shape index (κ3) is 2.98. The van der Waals surface area contributed by atoms with Crippen molar-refractivity contribution in [3.05, 3.63) is 47.3 Å². The van der Waals surface area contributed by atoms with Crippen LogP contribution in [-0.4, -0.2) is 9.55 Å². The number of hydrogen-bond acceptors (Lipinski definition) is 2. The van der Waals surface area contributed by atoms with Gasteiger partial charge in [-0.1, -0.05) is 44.5 Å². The van der Waals surface area contributed by atoms with Crippen LogP contribution >= 0.6 is 11.6 Å². The summed E-state index contributed by atoms with van der Waals surface area (Å²) in [6.07, 6.45) is 1.84. The number of nitrogen functional groups attached to an aromatic ring is 1. The lowest BCUT2D eigenvalue weighted by molar-refractivity contribution is 0.515. The Kier molecular flexibility index (Phi) is 4.15. The highest BCUT2D eigenvalue weighted by Crippen LogP contribution is 2.34. The number of hydrogen-bond donors (Lipinski definition) is 1. The lowest BCUT2D eigenvalue weighted by Gasteiger charge is -2.19. The average Bonchev–Trinajstić information content (AvgIpc) is 2.68. The number of halogens is 1. The smallest absolute Gasteiger partial charge is 0.132 e. The molecule has 0 spiro atoms. The molecule has 0 saturated heterocycles. The van der Waals surface area contributed by atoms with E-state index in [0.717, 1.165) is 27.7 Å². The summed E-state index contributed by atoms with van der Waals surface area (Å²) >= 11 is 6.03. The Labute approximate surface area is 131 Å². The summed E-state index contributed by atoms with van der Waals surface area (Å²) in [5.74, 6) is 1.63. The second kappa shape index (κ2) is 5.57. The number of aromatic nitrogens is 2. The van der Waals surface area contributed by atoms with E-state index in [9.17, 15) is 0 Å². The zero-order valence-corrected chi connectivity index (χ0v) is 13.8. The standard InChI is InChI=1S/C17H22ClN3/c1-6-9-21-15(19)14(20-16(21)17(3,4)5)13-8-7-12(18)10-11(13)2/h6-8,10H,1,9,19H2,2-5H3. The van der Waals surface area contributed by atoms with Crippen LogP contribution in [0.5, 0.6) is 0 Å². The number of imidazole rings is 1. The molecule has 112 valence electrons. The molecule has 1 aromatic carbocycles. The number of rotatable bonds is 3. The molecule has 0 radical (unpaired) electrons. The normalized spacial score (nSPS) is 11.7. The van der Waals surface area contributed by atoms with E-state index in [0.29, 0.717) is 12.4 Å². The molecule has 0 bridgehead atoms. The van der Waals surface area contributed by atoms with Crippen molar-refractivity contribution in [2.45, 2.75) is 39.7 Å². The van der Waals surface area contributed by atoms with E-state index in [1.165, 1.54) is 0 Å². The van der Waals surface area contributed by atoms with Crippen molar-refractivity contribution in [1.29, 1.82) is 0 Å². The Hall–Kier alpha value is -1.74. The maximum absolute atomic E-state index is 6.35. The summed E-state index contributed by atoms with van der Waals surface area (Å²) < 4.78 is 2.02. The number of nitrogens with zero attached hydrogens (tertiary/aromatic N) is 2. The number of nitrogens with two attached hydrogens (primary N) is 1. The second-order valence-corrected chi connectivity index (χ2v) is 6.71. The fraction of sp³-hybridized carbons (Fsp3) is 0.353. The van der Waals surface area contributed by atoms with Gasteiger partial charge in [-0.2, -0.15) is 0 Å². The van der Waals surface area contributed by atoms with Gasteiger partial charge in [-0.05, 0) is 24.6 Å². The van der Waals surface area contributed by atoms with E-state index in [-0.39, 0.29) is 5.41 Å². The van der Waals surface area contributed by atoms with E-state index < -0.39 is 0 Å². The summed E-state index contributed by atoms with van der Waals surface area (Å²) in [7, 11) is 0. The summed E-state index contributed by atoms with van der Waals surface area (Å²) in [5.41, 5.74) is 9.16. The van der Waals surface area contributed by atoms with E-state index in [2.05, 4.69) is 27.4 Å². The van der Waals surface area contributed by atoms with Crippen LogP contribution in [0.1, 0.15) is 32.2 Å². The van der Waals surface area contributed by atoms with Crippen molar-refractivity contribution in [1.82, 2.24) is 9.55 Å². The highest BCUT2D eigenvalue weighted by Gasteiger charge is 2.25. The first-order chi connectivity index (χ1) is 9.75. The summed E-state index contributed by atoms with van der Waals surface area (Å²) in [4.78, 5) is 4.81. The van der Waals surface area contributed by atoms with Gasteiger partial charge in [0.25, 0.3) is 0 Å². The molecule has 21 heavy (non-hydrogen) atoms. The van der Waals surface area contributed by atoms with Crippen molar-refractivity contribution in [3.8, 4) is 11.3 Å². The Bertz CT molecular complexity index is 678. The zero-order chi connectivity index (χ0) is 15.8. The molecule has 0 fully saturated rings. The van der Waals surface area contributed by atoms with Crippen molar-refractivity contribution in [2.75, 3.05) is 5.73 Å². The summed E-state index contributed by atoms with van der Waals surface area (Å²) in [6, 6.07) is 5.77. The maximum Gasteiger partial charge on any atom is 0.132 e. The van der Waals surface area contributed by atoms with Gasteiger partial charge in [-0.15, -0.1) is 6.58 Å². The van der Waals surface area contributed by atoms with E-state index in [1.807, 2.05) is 35.8 Å². The van der Waals surface area contributed by atoms with Gasteiger partial charge < -0.3 is 10.3 Å². The minimum absolute atomic E-state index is 0.0876. The number of allylic oxidation sites excluding steroid dienone is 1. The number of benzene rings is 1. The fourth-order valence-corrected chi connectivity index (χ4v) is 2.67. The molecule has 2 aromatic rings. The molecule has 0 aliphatic heterocycles. The lowest BCUT2D eigenvalue weighted by Crippen LogP contribution is -2.19. The van der Waals surface area contributed by atoms with Crippen LogP contribution in [0.15, 0.2) is 30.9 Å². The van der Waals surface area contributed by atoms with Gasteiger partial charge in [-0.3, -0.25) is 0 Å². The lowest BCUT2D eigenvalue weighted by atomic mass is 9.95. The molecule has 0 saturated carbocycles. The predicted octanol–water partition coefficient (Wildman–Crippen LogP) is 4.58. The van der Waals surface area contributed by atoms with Crippen LogP contribution in [0, 0.1) is 6.92 Å². The monoisotopic (exact) mass is 303 g/mol. The van der Waals surface area contributed by atoms with Crippen LogP contribution in [-0.2, 0) is 12.0 Å². The summed E-state index contributed by atoms with van der Waals surface area (Å²) in [6.45, 7) is 12.9. The summed E-state index contributed by atoms with van der Waals surface area (Å²) in [5, 5.41) is 0.719. The van der Waals surface area contributed by atoms with Gasteiger partial charge >= 0.3 is 0 Å². The molecule has 0 amide bonds. The van der Waals surface area contributed by atoms with E-state index >= 15 is 0 Å². The minimum Gasteiger partial charge on any atom is -0.383 e. The SMILES string of the molecule is C=CCn1c(C(C)(C)C)nc(-c2ccc(Cl)cc2C)c1N. The van der Waals surface area contributed by atoms with Gasteiger partial charge in [-0.25, -0.2) is 4.98 Å². The van der Waals surface area contributed by atoms with Crippen LogP contribution in [0.3, 0.4) is 0 Å². The average molecular weight is 304 g/mol. The van der Waals surface area contributed by atoms with Crippen LogP contribution in [0.2, 0.25) is 5.02 Å². The fourth-order valence-electron chi connectivity index (χ4n) is 2.44. The first kappa shape index (κ1) is 15.6. The van der Waals surface area contributed by atoms with Crippen molar-refractivity contribution in [3.63, 3.8) is 0 Å². The molecule has 2 rings (SSSR count). The number of anilines is 1. The molecule has 1 heterocycles. The van der Waals surface area contributed by atoms with Gasteiger partial charge in [0.1, 0.15) is 17.3 Å². The molecule has 1 aromatic heterocycles. The van der Waals surface area contributed by atoms with Crippen LogP contribution in [0.4, 0.5) is 5.82 Å². The molecule has 2 N–H and O–H groups in total. The van der Waals surface area contributed by atoms with Gasteiger partial charge in [0, 0.05) is 22.5 Å². The molecule has 3 nitrogen and oxygen atoms in total. The predicted molar refractivity (Wildman–Crippen MR) is 90.7 cm³/mol. The first-order valence-electron chi connectivity index (χ1n) is 6.99. The Morgan fingerprint density at radius 3 is 2.57 bits per heavy atom. The number of aryl methyl sites for hydroxylation is 1. The topological polar surface area (TPSA) is 43.8 Å². The highest BCUT2D eigenvalue weighted by atomic mass is 35.5. The molecular weight excluding hydrogens is 282 g/mol. The Morgan fingerprint density at radius 2 is 2.05 bits per heavy atom. The third-order valence-electron chi connectivity index (χ3n) is 3.43. The molecule has 0 unspecified atom stereocenters. The van der Waals surface area contributed by atoms with Crippen LogP contribution in [0.25, 0.3) is 11.3 Å². The molecule has 0 atom stereocenters. The van der Waals surface area contributed by atoms with Crippen molar-refractivity contribution >= 4 is 17.4 Å². The molecule has 0 aliphatic rings. The molecule has 0 aliphatic carbocycles. The Balaban J connectivity index is 2.67. The highest BCUT2D eigenvalue weighted by molar-refractivity contribution is 6.30. The van der Waals surface area contributed by atoms with Gasteiger partial charge in [0.15, 0.2) is 0 Å². The maximum atomic E-state index is 6.35. The largest absolute Gasteiger partial charge is 0.383 e. The van der Waals surface area contributed by atoms with Crippen molar-refractivity contribution < 1.29 is 0 Å². The third-order valence-corrected chi connectivity index (χ3v) is 3.67. The minimum atomic E-state index is -0.0876. The van der Waals surface area contributed by atoms with E-state index in [1.54, 1.807) is 0 Å². The molecule has 4 heteroatoms.